The lowest BCUT2D eigenvalue weighted by Gasteiger charge is -2.32. The molecule has 1 aromatic carbocycles. The normalized spacial score (nSPS) is 19.7. The highest BCUT2D eigenvalue weighted by molar-refractivity contribution is 7.89. The van der Waals surface area contributed by atoms with Gasteiger partial charge < -0.3 is 5.11 Å². The van der Waals surface area contributed by atoms with Crippen LogP contribution in [0.25, 0.3) is 0 Å². The molecule has 0 amide bonds. The van der Waals surface area contributed by atoms with Gasteiger partial charge in [0.2, 0.25) is 10.0 Å². The SMILES string of the molecule is CC(O)C1CCN(S(=O)(=O)c2c(Cl)cc(F)cc2Cl)CC1. The number of nitrogens with zero attached hydrogens (tertiary/aromatic N) is 1. The van der Waals surface area contributed by atoms with Gasteiger partial charge in [0, 0.05) is 13.1 Å². The second kappa shape index (κ2) is 6.38. The Bertz CT molecular complexity index is 605. The highest BCUT2D eigenvalue weighted by Gasteiger charge is 2.33. The molecule has 1 aliphatic heterocycles. The van der Waals surface area contributed by atoms with E-state index in [-0.39, 0.29) is 33.9 Å². The topological polar surface area (TPSA) is 57.6 Å². The Morgan fingerprint density at radius 3 is 2.19 bits per heavy atom. The number of aliphatic hydroxyl groups excluding tert-OH is 1. The van der Waals surface area contributed by atoms with E-state index < -0.39 is 21.9 Å². The summed E-state index contributed by atoms with van der Waals surface area (Å²) in [5.41, 5.74) is 0. The average molecular weight is 356 g/mol. The Morgan fingerprint density at radius 1 is 1.29 bits per heavy atom. The first-order valence-electron chi connectivity index (χ1n) is 6.56. The van der Waals surface area contributed by atoms with Gasteiger partial charge >= 0.3 is 0 Å². The molecule has 0 spiro atoms. The zero-order chi connectivity index (χ0) is 15.8. The number of benzene rings is 1. The van der Waals surface area contributed by atoms with E-state index in [1.807, 2.05) is 0 Å². The van der Waals surface area contributed by atoms with Gasteiger partial charge in [-0.2, -0.15) is 4.31 Å². The van der Waals surface area contributed by atoms with Crippen LogP contribution in [-0.2, 0) is 10.0 Å². The summed E-state index contributed by atoms with van der Waals surface area (Å²) in [5, 5.41) is 9.10. The number of aliphatic hydroxyl groups is 1. The summed E-state index contributed by atoms with van der Waals surface area (Å²) >= 11 is 11.7. The highest BCUT2D eigenvalue weighted by Crippen LogP contribution is 2.34. The summed E-state index contributed by atoms with van der Waals surface area (Å²) < 4.78 is 39.6. The molecule has 0 bridgehead atoms. The van der Waals surface area contributed by atoms with Crippen LogP contribution in [0.5, 0.6) is 0 Å². The Labute approximate surface area is 133 Å². The minimum atomic E-state index is -3.87. The summed E-state index contributed by atoms with van der Waals surface area (Å²) in [4.78, 5) is -0.261. The molecule has 0 aromatic heterocycles. The standard InChI is InChI=1S/C13H16Cl2FNO3S/c1-8(18)9-2-4-17(5-3-9)21(19,20)13-11(14)6-10(16)7-12(13)15/h6-9,18H,2-5H2,1H3. The molecule has 2 rings (SSSR count). The number of rotatable bonds is 3. The Kier molecular flexibility index (Phi) is 5.15. The second-order valence-electron chi connectivity index (χ2n) is 5.18. The van der Waals surface area contributed by atoms with Crippen LogP contribution in [0.1, 0.15) is 19.8 Å². The first-order chi connectivity index (χ1) is 9.73. The van der Waals surface area contributed by atoms with E-state index in [0.29, 0.717) is 12.8 Å². The van der Waals surface area contributed by atoms with E-state index in [1.165, 1.54) is 4.31 Å². The number of halogens is 3. The van der Waals surface area contributed by atoms with Crippen LogP contribution in [0.15, 0.2) is 17.0 Å². The van der Waals surface area contributed by atoms with Crippen molar-refractivity contribution < 1.29 is 17.9 Å². The first-order valence-corrected chi connectivity index (χ1v) is 8.76. The van der Waals surface area contributed by atoms with Crippen molar-refractivity contribution in [2.45, 2.75) is 30.8 Å². The molecule has 118 valence electrons. The molecule has 1 fully saturated rings. The Balaban J connectivity index is 2.28. The van der Waals surface area contributed by atoms with Gasteiger partial charge in [-0.25, -0.2) is 12.8 Å². The van der Waals surface area contributed by atoms with Crippen molar-refractivity contribution in [3.63, 3.8) is 0 Å². The fourth-order valence-electron chi connectivity index (χ4n) is 2.50. The van der Waals surface area contributed by atoms with Gasteiger partial charge in [0.05, 0.1) is 16.1 Å². The van der Waals surface area contributed by atoms with Gasteiger partial charge in [-0.15, -0.1) is 0 Å². The second-order valence-corrected chi connectivity index (χ2v) is 7.87. The average Bonchev–Trinajstić information content (AvgIpc) is 2.37. The maximum Gasteiger partial charge on any atom is 0.246 e. The van der Waals surface area contributed by atoms with Gasteiger partial charge in [-0.3, -0.25) is 0 Å². The fourth-order valence-corrected chi connectivity index (χ4v) is 5.11. The van der Waals surface area contributed by atoms with Crippen LogP contribution >= 0.6 is 23.2 Å². The van der Waals surface area contributed by atoms with Gasteiger partial charge in [0.25, 0.3) is 0 Å². The van der Waals surface area contributed by atoms with E-state index in [4.69, 9.17) is 23.2 Å². The highest BCUT2D eigenvalue weighted by atomic mass is 35.5. The summed E-state index contributed by atoms with van der Waals surface area (Å²) in [7, 11) is -3.87. The molecular weight excluding hydrogens is 340 g/mol. The van der Waals surface area contributed by atoms with Gasteiger partial charge in [-0.05, 0) is 37.8 Å². The summed E-state index contributed by atoms with van der Waals surface area (Å²) in [5.74, 6) is -0.604. The maximum atomic E-state index is 13.2. The minimum absolute atomic E-state index is 0.0793. The summed E-state index contributed by atoms with van der Waals surface area (Å²) in [6.45, 7) is 2.26. The van der Waals surface area contributed by atoms with Gasteiger partial charge in [-0.1, -0.05) is 23.2 Å². The van der Waals surface area contributed by atoms with E-state index in [9.17, 15) is 17.9 Å². The van der Waals surface area contributed by atoms with Crippen molar-refractivity contribution >= 4 is 33.2 Å². The third-order valence-corrected chi connectivity index (χ3v) is 6.56. The van der Waals surface area contributed by atoms with Gasteiger partial charge in [0.1, 0.15) is 10.7 Å². The van der Waals surface area contributed by atoms with Gasteiger partial charge in [0.15, 0.2) is 0 Å². The van der Waals surface area contributed by atoms with Crippen molar-refractivity contribution in [2.24, 2.45) is 5.92 Å². The first kappa shape index (κ1) is 17.0. The number of hydrogen-bond acceptors (Lipinski definition) is 3. The summed E-state index contributed by atoms with van der Waals surface area (Å²) in [6.07, 6.45) is 0.661. The number of sulfonamides is 1. The molecule has 21 heavy (non-hydrogen) atoms. The van der Waals surface area contributed by atoms with Crippen LogP contribution in [0.2, 0.25) is 10.0 Å². The van der Waals surface area contributed by atoms with E-state index in [1.54, 1.807) is 6.92 Å². The molecule has 1 atom stereocenters. The lowest BCUT2D eigenvalue weighted by molar-refractivity contribution is 0.0912. The Morgan fingerprint density at radius 2 is 1.76 bits per heavy atom. The molecule has 1 aliphatic rings. The quantitative estimate of drug-likeness (QED) is 0.906. The molecule has 1 heterocycles. The maximum absolute atomic E-state index is 13.2. The lowest BCUT2D eigenvalue weighted by atomic mass is 9.93. The van der Waals surface area contributed by atoms with Crippen LogP contribution in [0.3, 0.4) is 0 Å². The molecule has 0 saturated carbocycles. The smallest absolute Gasteiger partial charge is 0.246 e. The molecule has 8 heteroatoms. The lowest BCUT2D eigenvalue weighted by Crippen LogP contribution is -2.40. The largest absolute Gasteiger partial charge is 0.393 e. The minimum Gasteiger partial charge on any atom is -0.393 e. The Hall–Kier alpha value is -0.400. The van der Waals surface area contributed by atoms with Crippen molar-refractivity contribution in [1.29, 1.82) is 0 Å². The van der Waals surface area contributed by atoms with Crippen LogP contribution < -0.4 is 0 Å². The molecule has 0 aliphatic carbocycles. The zero-order valence-corrected chi connectivity index (χ0v) is 13.7. The molecular formula is C13H16Cl2FNO3S. The van der Waals surface area contributed by atoms with Crippen molar-refractivity contribution in [3.05, 3.63) is 28.0 Å². The molecule has 1 saturated heterocycles. The van der Waals surface area contributed by atoms with Crippen molar-refractivity contribution in [3.8, 4) is 0 Å². The van der Waals surface area contributed by atoms with Crippen molar-refractivity contribution in [1.82, 2.24) is 4.31 Å². The number of hydrogen-bond donors (Lipinski definition) is 1. The van der Waals surface area contributed by atoms with E-state index in [0.717, 1.165) is 12.1 Å². The number of piperidine rings is 1. The zero-order valence-electron chi connectivity index (χ0n) is 11.4. The third-order valence-electron chi connectivity index (χ3n) is 3.74. The molecule has 1 aromatic rings. The van der Waals surface area contributed by atoms with Crippen LogP contribution in [-0.4, -0.2) is 37.0 Å². The van der Waals surface area contributed by atoms with Crippen LogP contribution in [0.4, 0.5) is 4.39 Å². The van der Waals surface area contributed by atoms with Crippen LogP contribution in [0, 0.1) is 11.7 Å². The molecule has 1 unspecified atom stereocenters. The fraction of sp³-hybridized carbons (Fsp3) is 0.538. The molecule has 4 nitrogen and oxygen atoms in total. The monoisotopic (exact) mass is 355 g/mol. The summed E-state index contributed by atoms with van der Waals surface area (Å²) in [6, 6.07) is 1.87. The predicted octanol–water partition coefficient (Wildman–Crippen LogP) is 2.91. The molecule has 0 radical (unpaired) electrons. The van der Waals surface area contributed by atoms with E-state index in [2.05, 4.69) is 0 Å². The van der Waals surface area contributed by atoms with E-state index >= 15 is 0 Å². The predicted molar refractivity (Wildman–Crippen MR) is 79.6 cm³/mol. The third kappa shape index (κ3) is 3.51. The van der Waals surface area contributed by atoms with Crippen molar-refractivity contribution in [2.75, 3.05) is 13.1 Å². The molecule has 1 N–H and O–H groups in total.